The average Bonchev–Trinajstić information content (AvgIpc) is 3.33. The van der Waals surface area contributed by atoms with Crippen LogP contribution in [-0.2, 0) is 11.2 Å². The third-order valence-electron chi connectivity index (χ3n) is 5.76. The van der Waals surface area contributed by atoms with E-state index in [2.05, 4.69) is 16.3 Å². The molecule has 8 nitrogen and oxygen atoms in total. The predicted molar refractivity (Wildman–Crippen MR) is 127 cm³/mol. The van der Waals surface area contributed by atoms with E-state index in [4.69, 9.17) is 9.47 Å². The molecule has 33 heavy (non-hydrogen) atoms. The molecule has 1 N–H and O–H groups in total. The Kier molecular flexibility index (Phi) is 6.62. The van der Waals surface area contributed by atoms with Crippen LogP contribution in [0.15, 0.2) is 47.8 Å². The molecule has 0 aliphatic carbocycles. The fourth-order valence-corrected chi connectivity index (χ4v) is 5.10. The Morgan fingerprint density at radius 2 is 1.97 bits per heavy atom. The monoisotopic (exact) mass is 467 g/mol. The van der Waals surface area contributed by atoms with Crippen molar-refractivity contribution in [1.29, 1.82) is 0 Å². The summed E-state index contributed by atoms with van der Waals surface area (Å²) in [6, 6.07) is 12.7. The fraction of sp³-hybridized carbons (Fsp3) is 0.292. The maximum atomic E-state index is 13.0. The number of aryl methyl sites for hydroxylation is 1. The standard InChI is InChI=1S/C24H25N3O5S/c1-15-6-7-18(19(11-15)27(29)30)25-23(28)14-26-9-8-16-12-20(31-2)21(32-3)13-17(16)24(26)22-5-4-10-33-22/h4-7,10-13,24H,8-9,14H2,1-3H3,(H,25,28). The first kappa shape index (κ1) is 22.8. The van der Waals surface area contributed by atoms with Gasteiger partial charge >= 0.3 is 0 Å². The van der Waals surface area contributed by atoms with Crippen LogP contribution in [0.2, 0.25) is 0 Å². The van der Waals surface area contributed by atoms with Gasteiger partial charge in [-0.25, -0.2) is 0 Å². The lowest BCUT2D eigenvalue weighted by Gasteiger charge is -2.37. The van der Waals surface area contributed by atoms with Gasteiger partial charge in [-0.05, 0) is 59.7 Å². The Balaban J connectivity index is 1.63. The Labute approximate surface area is 195 Å². The largest absolute Gasteiger partial charge is 0.493 e. The molecule has 1 aliphatic rings. The quantitative estimate of drug-likeness (QED) is 0.404. The van der Waals surface area contributed by atoms with E-state index >= 15 is 0 Å². The number of ether oxygens (including phenoxy) is 2. The molecule has 4 rings (SSSR count). The van der Waals surface area contributed by atoms with Gasteiger partial charge in [-0.2, -0.15) is 0 Å². The lowest BCUT2D eigenvalue weighted by Crippen LogP contribution is -2.41. The van der Waals surface area contributed by atoms with Crippen LogP contribution in [0, 0.1) is 17.0 Å². The van der Waals surface area contributed by atoms with Gasteiger partial charge in [0.2, 0.25) is 5.91 Å². The number of nitro groups is 1. The number of anilines is 1. The van der Waals surface area contributed by atoms with Gasteiger partial charge in [-0.1, -0.05) is 12.1 Å². The number of thiophene rings is 1. The van der Waals surface area contributed by atoms with Crippen molar-refractivity contribution in [2.75, 3.05) is 32.6 Å². The van der Waals surface area contributed by atoms with Gasteiger partial charge in [-0.15, -0.1) is 11.3 Å². The number of rotatable bonds is 7. The van der Waals surface area contributed by atoms with E-state index in [1.807, 2.05) is 23.6 Å². The summed E-state index contributed by atoms with van der Waals surface area (Å²) in [4.78, 5) is 27.1. The van der Waals surface area contributed by atoms with Gasteiger partial charge in [0.25, 0.3) is 5.69 Å². The van der Waals surface area contributed by atoms with E-state index < -0.39 is 4.92 Å². The minimum Gasteiger partial charge on any atom is -0.493 e. The minimum absolute atomic E-state index is 0.0986. The van der Waals surface area contributed by atoms with E-state index in [1.54, 1.807) is 44.6 Å². The van der Waals surface area contributed by atoms with Gasteiger partial charge in [0.05, 0.1) is 31.7 Å². The van der Waals surface area contributed by atoms with Crippen molar-refractivity contribution >= 4 is 28.6 Å². The summed E-state index contributed by atoms with van der Waals surface area (Å²) in [5, 5.41) is 16.2. The summed E-state index contributed by atoms with van der Waals surface area (Å²) in [5.41, 5.74) is 3.06. The molecule has 0 bridgehead atoms. The second-order valence-electron chi connectivity index (χ2n) is 7.87. The molecule has 1 atom stereocenters. The average molecular weight is 468 g/mol. The highest BCUT2D eigenvalue weighted by Gasteiger charge is 2.32. The number of carbonyl (C=O) groups excluding carboxylic acids is 1. The van der Waals surface area contributed by atoms with E-state index in [9.17, 15) is 14.9 Å². The van der Waals surface area contributed by atoms with Gasteiger partial charge in [-0.3, -0.25) is 19.8 Å². The van der Waals surface area contributed by atoms with Gasteiger partial charge in [0.1, 0.15) is 5.69 Å². The summed E-state index contributed by atoms with van der Waals surface area (Å²) < 4.78 is 11.0. The van der Waals surface area contributed by atoms with Crippen molar-refractivity contribution in [3.05, 3.63) is 79.5 Å². The lowest BCUT2D eigenvalue weighted by atomic mass is 9.91. The molecule has 0 fully saturated rings. The molecule has 1 amide bonds. The summed E-state index contributed by atoms with van der Waals surface area (Å²) in [6.07, 6.45) is 0.746. The Morgan fingerprint density at radius 3 is 2.64 bits per heavy atom. The van der Waals surface area contributed by atoms with Crippen molar-refractivity contribution in [3.8, 4) is 11.5 Å². The molecular weight excluding hydrogens is 442 g/mol. The van der Waals surface area contributed by atoms with Crippen LogP contribution < -0.4 is 14.8 Å². The van der Waals surface area contributed by atoms with Gasteiger partial charge < -0.3 is 14.8 Å². The first-order valence-corrected chi connectivity index (χ1v) is 11.4. The van der Waals surface area contributed by atoms with Crippen molar-refractivity contribution in [1.82, 2.24) is 4.90 Å². The van der Waals surface area contributed by atoms with E-state index in [-0.39, 0.29) is 29.9 Å². The molecule has 2 heterocycles. The van der Waals surface area contributed by atoms with Crippen molar-refractivity contribution in [2.45, 2.75) is 19.4 Å². The van der Waals surface area contributed by atoms with Crippen LogP contribution >= 0.6 is 11.3 Å². The summed E-state index contributed by atoms with van der Waals surface area (Å²) in [7, 11) is 3.22. The first-order valence-electron chi connectivity index (χ1n) is 10.5. The van der Waals surface area contributed by atoms with Crippen LogP contribution in [-0.4, -0.2) is 43.0 Å². The second-order valence-corrected chi connectivity index (χ2v) is 8.85. The number of amides is 1. The Morgan fingerprint density at radius 1 is 1.21 bits per heavy atom. The fourth-order valence-electron chi connectivity index (χ4n) is 4.22. The Hall–Kier alpha value is -3.43. The lowest BCUT2D eigenvalue weighted by molar-refractivity contribution is -0.384. The molecule has 0 spiro atoms. The zero-order valence-electron chi connectivity index (χ0n) is 18.7. The molecule has 1 aliphatic heterocycles. The molecule has 9 heteroatoms. The molecule has 0 saturated carbocycles. The molecular formula is C24H25N3O5S. The molecule has 0 saturated heterocycles. The van der Waals surface area contributed by atoms with Crippen LogP contribution in [0.5, 0.6) is 11.5 Å². The highest BCUT2D eigenvalue weighted by atomic mass is 32.1. The predicted octanol–water partition coefficient (Wildman–Crippen LogP) is 4.57. The van der Waals surface area contributed by atoms with E-state index in [0.29, 0.717) is 18.0 Å². The van der Waals surface area contributed by atoms with Crippen LogP contribution in [0.1, 0.15) is 27.6 Å². The third kappa shape index (κ3) is 4.69. The zero-order valence-corrected chi connectivity index (χ0v) is 19.5. The number of methoxy groups -OCH3 is 2. The topological polar surface area (TPSA) is 93.9 Å². The summed E-state index contributed by atoms with van der Waals surface area (Å²) in [5.74, 6) is 1.02. The summed E-state index contributed by atoms with van der Waals surface area (Å²) in [6.45, 7) is 2.54. The summed E-state index contributed by atoms with van der Waals surface area (Å²) >= 11 is 1.62. The SMILES string of the molecule is COc1cc2c(cc1OC)C(c1cccs1)N(CC(=O)Nc1ccc(C)cc1[N+](=O)[O-])CC2. The number of hydrogen-bond acceptors (Lipinski definition) is 7. The minimum atomic E-state index is -0.478. The molecule has 3 aromatic rings. The Bertz CT molecular complexity index is 1180. The molecule has 172 valence electrons. The number of carbonyl (C=O) groups is 1. The highest BCUT2D eigenvalue weighted by molar-refractivity contribution is 7.10. The molecule has 1 aromatic heterocycles. The van der Waals surface area contributed by atoms with E-state index in [0.717, 1.165) is 28.0 Å². The van der Waals surface area contributed by atoms with Crippen molar-refractivity contribution < 1.29 is 19.2 Å². The molecule has 2 aromatic carbocycles. The van der Waals surface area contributed by atoms with Crippen molar-refractivity contribution in [2.24, 2.45) is 0 Å². The molecule has 1 unspecified atom stereocenters. The smallest absolute Gasteiger partial charge is 0.293 e. The third-order valence-corrected chi connectivity index (χ3v) is 6.68. The van der Waals surface area contributed by atoms with Gasteiger partial charge in [0, 0.05) is 17.5 Å². The maximum Gasteiger partial charge on any atom is 0.293 e. The van der Waals surface area contributed by atoms with Crippen LogP contribution in [0.4, 0.5) is 11.4 Å². The number of nitrogens with zero attached hydrogens (tertiary/aromatic N) is 2. The number of hydrogen-bond donors (Lipinski definition) is 1. The second kappa shape index (κ2) is 9.60. The maximum absolute atomic E-state index is 13.0. The number of fused-ring (bicyclic) bond motifs is 1. The number of nitro benzene ring substituents is 1. The highest BCUT2D eigenvalue weighted by Crippen LogP contribution is 2.42. The number of benzene rings is 2. The van der Waals surface area contributed by atoms with Gasteiger partial charge in [0.15, 0.2) is 11.5 Å². The van der Waals surface area contributed by atoms with Crippen molar-refractivity contribution in [3.63, 3.8) is 0 Å². The molecule has 0 radical (unpaired) electrons. The number of nitrogens with one attached hydrogen (secondary N) is 1. The van der Waals surface area contributed by atoms with Crippen LogP contribution in [0.3, 0.4) is 0 Å². The van der Waals surface area contributed by atoms with Crippen LogP contribution in [0.25, 0.3) is 0 Å². The normalized spacial score (nSPS) is 15.5. The first-order chi connectivity index (χ1) is 15.9. The van der Waals surface area contributed by atoms with E-state index in [1.165, 1.54) is 6.07 Å². The zero-order chi connectivity index (χ0) is 23.5.